The Morgan fingerprint density at radius 3 is 1.95 bits per heavy atom. The van der Waals surface area contributed by atoms with Crippen molar-refractivity contribution < 1.29 is 5.11 Å². The Morgan fingerprint density at radius 1 is 0.857 bits per heavy atom. The summed E-state index contributed by atoms with van der Waals surface area (Å²) in [5.74, 6) is 0. The molecule has 2 nitrogen and oxygen atoms in total. The molecule has 1 unspecified atom stereocenters. The first-order valence-electron chi connectivity index (χ1n) is 9.52. The molecule has 0 amide bonds. The molecular formula is C19H39NO. The fourth-order valence-electron chi connectivity index (χ4n) is 3.51. The van der Waals surface area contributed by atoms with Crippen LogP contribution in [-0.4, -0.2) is 34.7 Å². The highest BCUT2D eigenvalue weighted by Crippen LogP contribution is 2.26. The summed E-state index contributed by atoms with van der Waals surface area (Å²) in [4.78, 5) is 2.53. The van der Waals surface area contributed by atoms with E-state index in [1.165, 1.54) is 83.7 Å². The molecule has 0 aromatic carbocycles. The Hall–Kier alpha value is -0.0800. The van der Waals surface area contributed by atoms with Crippen LogP contribution in [0.4, 0.5) is 0 Å². The molecular weight excluding hydrogens is 258 g/mol. The van der Waals surface area contributed by atoms with Gasteiger partial charge in [-0.15, -0.1) is 0 Å². The summed E-state index contributed by atoms with van der Waals surface area (Å²) in [6, 6.07) is 0. The van der Waals surface area contributed by atoms with E-state index in [-0.39, 0.29) is 11.6 Å². The van der Waals surface area contributed by atoms with Gasteiger partial charge in [-0.2, -0.15) is 0 Å². The maximum absolute atomic E-state index is 10.6. The van der Waals surface area contributed by atoms with Crippen LogP contribution in [0.25, 0.3) is 0 Å². The lowest BCUT2D eigenvalue weighted by Gasteiger charge is -2.41. The molecule has 0 aromatic heterocycles. The van der Waals surface area contributed by atoms with Gasteiger partial charge in [0.15, 0.2) is 0 Å². The van der Waals surface area contributed by atoms with Gasteiger partial charge in [0.2, 0.25) is 0 Å². The number of hydrogen-bond donors (Lipinski definition) is 1. The smallest absolute Gasteiger partial charge is 0.0718 e. The topological polar surface area (TPSA) is 23.5 Å². The predicted octanol–water partition coefficient (Wildman–Crippen LogP) is 5.14. The molecule has 0 aliphatic carbocycles. The lowest BCUT2D eigenvalue weighted by Crippen LogP contribution is -2.52. The van der Waals surface area contributed by atoms with Crippen molar-refractivity contribution in [3.8, 4) is 0 Å². The molecule has 126 valence electrons. The quantitative estimate of drug-likeness (QED) is 0.564. The fourth-order valence-corrected chi connectivity index (χ4v) is 3.51. The molecule has 1 heterocycles. The van der Waals surface area contributed by atoms with Crippen molar-refractivity contribution >= 4 is 0 Å². The highest BCUT2D eigenvalue weighted by Gasteiger charge is 2.33. The van der Waals surface area contributed by atoms with Crippen LogP contribution in [0.3, 0.4) is 0 Å². The molecule has 1 aliphatic rings. The monoisotopic (exact) mass is 297 g/mol. The van der Waals surface area contributed by atoms with Crippen molar-refractivity contribution in [2.75, 3.05) is 13.1 Å². The lowest BCUT2D eigenvalue weighted by atomic mass is 9.90. The fraction of sp³-hybridized carbons (Fsp3) is 1.00. The SMILES string of the molecule is CCCCCCCCCC(O)C(C)(C)N1CCCCCC1. The van der Waals surface area contributed by atoms with Gasteiger partial charge in [0.25, 0.3) is 0 Å². The number of nitrogens with zero attached hydrogens (tertiary/aromatic N) is 1. The molecule has 1 N–H and O–H groups in total. The Balaban J connectivity index is 2.20. The molecule has 0 radical (unpaired) electrons. The lowest BCUT2D eigenvalue weighted by molar-refractivity contribution is -0.0139. The van der Waals surface area contributed by atoms with E-state index < -0.39 is 0 Å². The van der Waals surface area contributed by atoms with Crippen molar-refractivity contribution in [2.45, 2.75) is 109 Å². The number of aliphatic hydroxyl groups is 1. The maximum Gasteiger partial charge on any atom is 0.0718 e. The molecule has 2 heteroatoms. The molecule has 1 fully saturated rings. The van der Waals surface area contributed by atoms with E-state index in [9.17, 15) is 5.11 Å². The molecule has 1 atom stereocenters. The Bertz CT molecular complexity index is 244. The van der Waals surface area contributed by atoms with Gasteiger partial charge in [0.05, 0.1) is 6.10 Å². The van der Waals surface area contributed by atoms with Crippen LogP contribution in [0.1, 0.15) is 97.8 Å². The summed E-state index contributed by atoms with van der Waals surface area (Å²) in [6.45, 7) is 9.08. The number of rotatable bonds is 10. The van der Waals surface area contributed by atoms with Crippen LogP contribution in [0.2, 0.25) is 0 Å². The second-order valence-electron chi connectivity index (χ2n) is 7.48. The Labute approximate surface area is 133 Å². The van der Waals surface area contributed by atoms with Crippen LogP contribution in [0, 0.1) is 0 Å². The summed E-state index contributed by atoms with van der Waals surface area (Å²) in [6.07, 6.45) is 15.4. The summed E-state index contributed by atoms with van der Waals surface area (Å²) in [5.41, 5.74) is -0.0491. The average molecular weight is 298 g/mol. The maximum atomic E-state index is 10.6. The zero-order valence-electron chi connectivity index (χ0n) is 14.9. The second-order valence-corrected chi connectivity index (χ2v) is 7.48. The number of unbranched alkanes of at least 4 members (excludes halogenated alkanes) is 6. The van der Waals surface area contributed by atoms with E-state index in [1.807, 2.05) is 0 Å². The Morgan fingerprint density at radius 2 is 1.38 bits per heavy atom. The van der Waals surface area contributed by atoms with E-state index in [1.54, 1.807) is 0 Å². The third-order valence-electron chi connectivity index (χ3n) is 5.32. The van der Waals surface area contributed by atoms with E-state index in [0.717, 1.165) is 6.42 Å². The first-order valence-corrected chi connectivity index (χ1v) is 9.52. The van der Waals surface area contributed by atoms with E-state index in [4.69, 9.17) is 0 Å². The molecule has 0 spiro atoms. The van der Waals surface area contributed by atoms with E-state index >= 15 is 0 Å². The molecule has 1 rings (SSSR count). The van der Waals surface area contributed by atoms with E-state index in [0.29, 0.717) is 0 Å². The van der Waals surface area contributed by atoms with Crippen LogP contribution in [0.15, 0.2) is 0 Å². The standard InChI is InChI=1S/C19H39NO/c1-4-5-6-7-8-9-12-15-18(21)19(2,3)20-16-13-10-11-14-17-20/h18,21H,4-17H2,1-3H3. The minimum Gasteiger partial charge on any atom is -0.391 e. The normalized spacial score (nSPS) is 19.4. The molecule has 1 aliphatic heterocycles. The van der Waals surface area contributed by atoms with Gasteiger partial charge in [0, 0.05) is 5.54 Å². The van der Waals surface area contributed by atoms with Gasteiger partial charge in [-0.25, -0.2) is 0 Å². The number of hydrogen-bond acceptors (Lipinski definition) is 2. The van der Waals surface area contributed by atoms with Crippen LogP contribution in [0.5, 0.6) is 0 Å². The highest BCUT2D eigenvalue weighted by atomic mass is 16.3. The highest BCUT2D eigenvalue weighted by molar-refractivity contribution is 4.89. The van der Waals surface area contributed by atoms with E-state index in [2.05, 4.69) is 25.7 Å². The molecule has 0 saturated carbocycles. The van der Waals surface area contributed by atoms with Gasteiger partial charge in [-0.3, -0.25) is 4.90 Å². The zero-order valence-corrected chi connectivity index (χ0v) is 14.9. The molecule has 0 bridgehead atoms. The predicted molar refractivity (Wildman–Crippen MR) is 92.7 cm³/mol. The Kier molecular flexibility index (Phi) is 9.59. The summed E-state index contributed by atoms with van der Waals surface area (Å²) >= 11 is 0. The summed E-state index contributed by atoms with van der Waals surface area (Å²) in [7, 11) is 0. The second kappa shape index (κ2) is 10.6. The van der Waals surface area contributed by atoms with Gasteiger partial charge < -0.3 is 5.11 Å². The summed E-state index contributed by atoms with van der Waals surface area (Å²) < 4.78 is 0. The van der Waals surface area contributed by atoms with Gasteiger partial charge in [-0.1, -0.05) is 64.7 Å². The van der Waals surface area contributed by atoms with Crippen LogP contribution < -0.4 is 0 Å². The van der Waals surface area contributed by atoms with Crippen LogP contribution >= 0.6 is 0 Å². The first-order chi connectivity index (χ1) is 10.1. The zero-order chi connectivity index (χ0) is 15.6. The van der Waals surface area contributed by atoms with Crippen molar-refractivity contribution in [1.82, 2.24) is 4.90 Å². The van der Waals surface area contributed by atoms with Gasteiger partial charge in [0.1, 0.15) is 0 Å². The van der Waals surface area contributed by atoms with Crippen LogP contribution in [-0.2, 0) is 0 Å². The number of aliphatic hydroxyl groups excluding tert-OH is 1. The van der Waals surface area contributed by atoms with Crippen molar-refractivity contribution in [2.24, 2.45) is 0 Å². The number of likely N-dealkylation sites (tertiary alicyclic amines) is 1. The van der Waals surface area contributed by atoms with Gasteiger partial charge >= 0.3 is 0 Å². The van der Waals surface area contributed by atoms with Gasteiger partial charge in [-0.05, 0) is 46.2 Å². The molecule has 0 aromatic rings. The summed E-state index contributed by atoms with van der Waals surface area (Å²) in [5, 5.41) is 10.6. The third kappa shape index (κ3) is 7.15. The first kappa shape index (κ1) is 19.0. The minimum atomic E-state index is -0.175. The van der Waals surface area contributed by atoms with Crippen molar-refractivity contribution in [1.29, 1.82) is 0 Å². The molecule has 21 heavy (non-hydrogen) atoms. The third-order valence-corrected chi connectivity index (χ3v) is 5.32. The van der Waals surface area contributed by atoms with Crippen molar-refractivity contribution in [3.63, 3.8) is 0 Å². The molecule has 1 saturated heterocycles. The average Bonchev–Trinajstić information content (AvgIpc) is 2.75. The van der Waals surface area contributed by atoms with Crippen molar-refractivity contribution in [3.05, 3.63) is 0 Å². The largest absolute Gasteiger partial charge is 0.391 e. The minimum absolute atomic E-state index is 0.0491.